The maximum absolute atomic E-state index is 12.3. The van der Waals surface area contributed by atoms with Gasteiger partial charge in [0.25, 0.3) is 0 Å². The topological polar surface area (TPSA) is 52.1 Å². The summed E-state index contributed by atoms with van der Waals surface area (Å²) in [5.74, 6) is 0.337. The number of nitrogens with zero attached hydrogens (tertiary/aromatic N) is 2. The third-order valence-corrected chi connectivity index (χ3v) is 2.65. The van der Waals surface area contributed by atoms with E-state index in [-0.39, 0.29) is 5.78 Å². The predicted molar refractivity (Wildman–Crippen MR) is 67.9 cm³/mol. The van der Waals surface area contributed by atoms with Crippen LogP contribution in [0.1, 0.15) is 27.4 Å². The van der Waals surface area contributed by atoms with Crippen molar-refractivity contribution in [3.05, 3.63) is 53.0 Å². The van der Waals surface area contributed by atoms with Crippen LogP contribution in [0.25, 0.3) is 0 Å². The first-order valence-corrected chi connectivity index (χ1v) is 5.62. The molecule has 4 nitrogen and oxygen atoms in total. The fourth-order valence-corrected chi connectivity index (χ4v) is 1.72. The van der Waals surface area contributed by atoms with Gasteiger partial charge in [-0.15, -0.1) is 0 Å². The fourth-order valence-electron chi connectivity index (χ4n) is 1.72. The highest BCUT2D eigenvalue weighted by molar-refractivity contribution is 6.08. The number of hydrogen-bond acceptors (Lipinski definition) is 4. The summed E-state index contributed by atoms with van der Waals surface area (Å²) in [6.07, 6.45) is 0. The van der Waals surface area contributed by atoms with Crippen LogP contribution < -0.4 is 4.74 Å². The molecule has 1 heterocycles. The Morgan fingerprint density at radius 2 is 1.72 bits per heavy atom. The van der Waals surface area contributed by atoms with E-state index in [2.05, 4.69) is 9.97 Å². The molecular formula is C14H14N2O2. The van der Waals surface area contributed by atoms with Gasteiger partial charge in [-0.2, -0.15) is 0 Å². The molecular weight excluding hydrogens is 228 g/mol. The van der Waals surface area contributed by atoms with Crippen molar-refractivity contribution in [1.82, 2.24) is 9.97 Å². The molecule has 0 N–H and O–H groups in total. The van der Waals surface area contributed by atoms with Crippen molar-refractivity contribution in [3.63, 3.8) is 0 Å². The van der Waals surface area contributed by atoms with E-state index in [4.69, 9.17) is 4.74 Å². The van der Waals surface area contributed by atoms with Crippen LogP contribution in [0.3, 0.4) is 0 Å². The summed E-state index contributed by atoms with van der Waals surface area (Å²) in [5.41, 5.74) is 2.17. The fraction of sp³-hybridized carbons (Fsp3) is 0.214. The highest BCUT2D eigenvalue weighted by Crippen LogP contribution is 2.17. The molecule has 0 aliphatic rings. The summed E-state index contributed by atoms with van der Waals surface area (Å²) < 4.78 is 5.08. The highest BCUT2D eigenvalue weighted by atomic mass is 16.5. The number of methoxy groups -OCH3 is 1. The lowest BCUT2D eigenvalue weighted by molar-refractivity contribution is 0.103. The van der Waals surface area contributed by atoms with Gasteiger partial charge in [0.1, 0.15) is 11.4 Å². The van der Waals surface area contributed by atoms with E-state index in [9.17, 15) is 4.79 Å². The first-order chi connectivity index (χ1) is 8.63. The third-order valence-electron chi connectivity index (χ3n) is 2.65. The first-order valence-electron chi connectivity index (χ1n) is 5.62. The molecule has 92 valence electrons. The first kappa shape index (κ1) is 12.2. The average molecular weight is 242 g/mol. The summed E-state index contributed by atoms with van der Waals surface area (Å²) in [6, 6.07) is 9.05. The zero-order valence-electron chi connectivity index (χ0n) is 10.6. The lowest BCUT2D eigenvalue weighted by atomic mass is 10.1. The van der Waals surface area contributed by atoms with Gasteiger partial charge in [0.15, 0.2) is 0 Å². The number of ketones is 1. The van der Waals surface area contributed by atoms with Crippen molar-refractivity contribution in [1.29, 1.82) is 0 Å². The molecule has 0 aliphatic heterocycles. The molecule has 0 amide bonds. The van der Waals surface area contributed by atoms with Crippen LogP contribution >= 0.6 is 0 Å². The van der Waals surface area contributed by atoms with Gasteiger partial charge in [-0.05, 0) is 13.8 Å². The number of hydrogen-bond donors (Lipinski definition) is 0. The Kier molecular flexibility index (Phi) is 3.37. The predicted octanol–water partition coefficient (Wildman–Crippen LogP) is 2.33. The minimum absolute atomic E-state index is 0.119. The second kappa shape index (κ2) is 4.96. The Morgan fingerprint density at radius 1 is 1.06 bits per heavy atom. The number of aryl methyl sites for hydroxylation is 2. The number of aromatic nitrogens is 2. The quantitative estimate of drug-likeness (QED) is 0.775. The summed E-state index contributed by atoms with van der Waals surface area (Å²) >= 11 is 0. The monoisotopic (exact) mass is 242 g/mol. The molecule has 0 fully saturated rings. The van der Waals surface area contributed by atoms with Crippen LogP contribution in [0.15, 0.2) is 30.3 Å². The normalized spacial score (nSPS) is 10.2. The summed E-state index contributed by atoms with van der Waals surface area (Å²) in [5, 5.41) is 0. The molecule has 1 aromatic heterocycles. The van der Waals surface area contributed by atoms with Gasteiger partial charge in [0.2, 0.25) is 11.7 Å². The molecule has 0 saturated carbocycles. The van der Waals surface area contributed by atoms with Crippen LogP contribution in [-0.2, 0) is 0 Å². The minimum atomic E-state index is -0.119. The van der Waals surface area contributed by atoms with Gasteiger partial charge in [0, 0.05) is 5.56 Å². The van der Waals surface area contributed by atoms with Gasteiger partial charge in [-0.1, -0.05) is 30.3 Å². The number of carbonyl (C=O) groups excluding carboxylic acids is 1. The molecule has 2 rings (SSSR count). The van der Waals surface area contributed by atoms with Crippen molar-refractivity contribution in [2.24, 2.45) is 0 Å². The van der Waals surface area contributed by atoms with E-state index in [0.29, 0.717) is 28.5 Å². The number of ether oxygens (including phenoxy) is 1. The second-order valence-corrected chi connectivity index (χ2v) is 3.95. The average Bonchev–Trinajstić information content (AvgIpc) is 2.41. The molecule has 0 aliphatic carbocycles. The molecule has 4 heteroatoms. The SMILES string of the molecule is COc1nc(C)c(C(=O)c2ccccc2)nc1C. The third kappa shape index (κ3) is 2.22. The molecule has 0 bridgehead atoms. The molecule has 0 spiro atoms. The van der Waals surface area contributed by atoms with Gasteiger partial charge < -0.3 is 4.74 Å². The lowest BCUT2D eigenvalue weighted by Gasteiger charge is -2.08. The Labute approximate surface area is 106 Å². The number of benzene rings is 1. The van der Waals surface area contributed by atoms with Crippen molar-refractivity contribution in [2.75, 3.05) is 7.11 Å². The van der Waals surface area contributed by atoms with Crippen molar-refractivity contribution < 1.29 is 9.53 Å². The smallest absolute Gasteiger partial charge is 0.235 e. The highest BCUT2D eigenvalue weighted by Gasteiger charge is 2.16. The van der Waals surface area contributed by atoms with Gasteiger partial charge in [-0.25, -0.2) is 9.97 Å². The zero-order chi connectivity index (χ0) is 13.1. The van der Waals surface area contributed by atoms with Gasteiger partial charge in [-0.3, -0.25) is 4.79 Å². The minimum Gasteiger partial charge on any atom is -0.480 e. The van der Waals surface area contributed by atoms with Crippen LogP contribution in [0, 0.1) is 13.8 Å². The van der Waals surface area contributed by atoms with Crippen LogP contribution in [0.4, 0.5) is 0 Å². The van der Waals surface area contributed by atoms with Crippen molar-refractivity contribution in [3.8, 4) is 5.88 Å². The van der Waals surface area contributed by atoms with E-state index in [1.54, 1.807) is 26.0 Å². The molecule has 0 radical (unpaired) electrons. The number of rotatable bonds is 3. The van der Waals surface area contributed by atoms with Gasteiger partial charge >= 0.3 is 0 Å². The Bertz CT molecular complexity index is 580. The zero-order valence-corrected chi connectivity index (χ0v) is 10.6. The standard InChI is InChI=1S/C14H14N2O2/c1-9-12(15-10(2)14(16-9)18-3)13(17)11-7-5-4-6-8-11/h4-8H,1-3H3. The molecule has 0 unspecified atom stereocenters. The van der Waals surface area contributed by atoms with Crippen molar-refractivity contribution >= 4 is 5.78 Å². The lowest BCUT2D eigenvalue weighted by Crippen LogP contribution is -2.10. The van der Waals surface area contributed by atoms with E-state index >= 15 is 0 Å². The number of carbonyl (C=O) groups is 1. The van der Waals surface area contributed by atoms with Crippen LogP contribution in [-0.4, -0.2) is 22.9 Å². The van der Waals surface area contributed by atoms with E-state index in [0.717, 1.165) is 0 Å². The van der Waals surface area contributed by atoms with Crippen LogP contribution in [0.2, 0.25) is 0 Å². The molecule has 2 aromatic rings. The summed E-state index contributed by atoms with van der Waals surface area (Å²) in [6.45, 7) is 3.53. The Hall–Kier alpha value is -2.23. The van der Waals surface area contributed by atoms with Crippen molar-refractivity contribution in [2.45, 2.75) is 13.8 Å². The van der Waals surface area contributed by atoms with Crippen LogP contribution in [0.5, 0.6) is 5.88 Å². The maximum atomic E-state index is 12.3. The van der Waals surface area contributed by atoms with E-state index < -0.39 is 0 Å². The second-order valence-electron chi connectivity index (χ2n) is 3.95. The molecule has 0 saturated heterocycles. The largest absolute Gasteiger partial charge is 0.480 e. The summed E-state index contributed by atoms with van der Waals surface area (Å²) in [7, 11) is 1.54. The summed E-state index contributed by atoms with van der Waals surface area (Å²) in [4.78, 5) is 20.8. The molecule has 1 aromatic carbocycles. The molecule has 0 atom stereocenters. The van der Waals surface area contributed by atoms with E-state index in [1.165, 1.54) is 7.11 Å². The van der Waals surface area contributed by atoms with E-state index in [1.807, 2.05) is 18.2 Å². The Balaban J connectivity index is 2.46. The maximum Gasteiger partial charge on any atom is 0.235 e. The molecule has 18 heavy (non-hydrogen) atoms. The Morgan fingerprint density at radius 3 is 2.33 bits per heavy atom. The van der Waals surface area contributed by atoms with Gasteiger partial charge in [0.05, 0.1) is 12.8 Å².